The SMILES string of the molecule is C=S(=O)(c1ccc2ccccc2c1)N1CCN(Cc2cccc(C(=O)NO)c2)CC1. The molecule has 3 aromatic carbocycles. The predicted molar refractivity (Wildman–Crippen MR) is 120 cm³/mol. The second-order valence-electron chi connectivity index (χ2n) is 7.50. The van der Waals surface area contributed by atoms with Crippen molar-refractivity contribution in [2.75, 3.05) is 26.2 Å². The average Bonchev–Trinajstić information content (AvgIpc) is 2.78. The van der Waals surface area contributed by atoms with E-state index in [2.05, 4.69) is 10.8 Å². The summed E-state index contributed by atoms with van der Waals surface area (Å²) in [4.78, 5) is 14.6. The van der Waals surface area contributed by atoms with Crippen molar-refractivity contribution < 1.29 is 14.2 Å². The Bertz CT molecular complexity index is 1170. The third kappa shape index (κ3) is 4.24. The highest BCUT2D eigenvalue weighted by Gasteiger charge is 2.24. The van der Waals surface area contributed by atoms with Crippen molar-refractivity contribution in [3.8, 4) is 0 Å². The van der Waals surface area contributed by atoms with E-state index in [0.717, 1.165) is 34.3 Å². The summed E-state index contributed by atoms with van der Waals surface area (Å²) in [6.07, 6.45) is 0. The molecule has 2 N–H and O–H groups in total. The van der Waals surface area contributed by atoms with Crippen LogP contribution in [0.25, 0.3) is 10.8 Å². The highest BCUT2D eigenvalue weighted by Crippen LogP contribution is 2.23. The van der Waals surface area contributed by atoms with E-state index in [1.807, 2.05) is 52.8 Å². The van der Waals surface area contributed by atoms with Gasteiger partial charge in [0.05, 0.1) is 9.71 Å². The van der Waals surface area contributed by atoms with Crippen LogP contribution in [-0.2, 0) is 16.3 Å². The first-order chi connectivity index (χ1) is 14.5. The minimum absolute atomic E-state index is 0.422. The van der Waals surface area contributed by atoms with E-state index >= 15 is 0 Å². The number of carbonyl (C=O) groups excluding carboxylic acids is 1. The van der Waals surface area contributed by atoms with Crippen molar-refractivity contribution in [1.82, 2.24) is 14.7 Å². The first-order valence-electron chi connectivity index (χ1n) is 9.84. The zero-order valence-electron chi connectivity index (χ0n) is 16.7. The van der Waals surface area contributed by atoms with E-state index < -0.39 is 15.6 Å². The van der Waals surface area contributed by atoms with Crippen molar-refractivity contribution in [3.63, 3.8) is 0 Å². The van der Waals surface area contributed by atoms with Gasteiger partial charge in [0.2, 0.25) is 0 Å². The third-order valence-corrected chi connectivity index (χ3v) is 7.72. The smallest absolute Gasteiger partial charge is 0.274 e. The van der Waals surface area contributed by atoms with Crippen LogP contribution >= 0.6 is 0 Å². The van der Waals surface area contributed by atoms with Gasteiger partial charge in [-0.1, -0.05) is 42.5 Å². The van der Waals surface area contributed by atoms with Gasteiger partial charge in [0, 0.05) is 43.2 Å². The van der Waals surface area contributed by atoms with E-state index in [9.17, 15) is 9.00 Å². The van der Waals surface area contributed by atoms with Gasteiger partial charge in [-0.3, -0.25) is 14.9 Å². The van der Waals surface area contributed by atoms with E-state index in [4.69, 9.17) is 5.21 Å². The number of hydroxylamine groups is 1. The lowest BCUT2D eigenvalue weighted by Gasteiger charge is -2.36. The fourth-order valence-corrected chi connectivity index (χ4v) is 5.47. The monoisotopic (exact) mass is 423 g/mol. The molecule has 3 aromatic rings. The standard InChI is InChI=1S/C23H25N3O3S/c1-30(29,22-10-9-19-6-2-3-7-20(19)16-22)26-13-11-25(12-14-26)17-18-5-4-8-21(15-18)23(27)24-28/h2-10,15-16,28H,1,11-14,17H2,(H,24,27). The first-order valence-corrected chi connectivity index (χ1v) is 11.5. The maximum atomic E-state index is 13.5. The molecule has 1 amide bonds. The van der Waals surface area contributed by atoms with Crippen LogP contribution in [0.15, 0.2) is 71.6 Å². The molecule has 1 unspecified atom stereocenters. The molecule has 30 heavy (non-hydrogen) atoms. The van der Waals surface area contributed by atoms with Crippen molar-refractivity contribution in [3.05, 3.63) is 77.9 Å². The third-order valence-electron chi connectivity index (χ3n) is 5.53. The maximum absolute atomic E-state index is 13.5. The number of fused-ring (bicyclic) bond motifs is 1. The second kappa shape index (κ2) is 8.57. The summed E-state index contributed by atoms with van der Waals surface area (Å²) >= 11 is 0. The van der Waals surface area contributed by atoms with Gasteiger partial charge in [-0.25, -0.2) is 14.0 Å². The van der Waals surface area contributed by atoms with E-state index in [-0.39, 0.29) is 0 Å². The average molecular weight is 424 g/mol. The van der Waals surface area contributed by atoms with Crippen LogP contribution in [0.5, 0.6) is 0 Å². The molecule has 4 rings (SSSR count). The fraction of sp³-hybridized carbons (Fsp3) is 0.217. The van der Waals surface area contributed by atoms with Gasteiger partial charge in [0.15, 0.2) is 0 Å². The molecule has 1 aliphatic heterocycles. The fourth-order valence-electron chi connectivity index (χ4n) is 3.83. The van der Waals surface area contributed by atoms with Crippen LogP contribution < -0.4 is 5.48 Å². The molecule has 0 bridgehead atoms. The Kier molecular flexibility index (Phi) is 5.87. The molecule has 0 spiro atoms. The molecule has 1 atom stereocenters. The Hall–Kier alpha value is -2.71. The molecule has 0 aromatic heterocycles. The van der Waals surface area contributed by atoms with Crippen LogP contribution in [0.2, 0.25) is 0 Å². The zero-order chi connectivity index (χ0) is 21.1. The van der Waals surface area contributed by atoms with Crippen molar-refractivity contribution in [1.29, 1.82) is 0 Å². The molecule has 6 nitrogen and oxygen atoms in total. The minimum Gasteiger partial charge on any atom is -0.296 e. The normalized spacial score (nSPS) is 17.5. The van der Waals surface area contributed by atoms with Crippen LogP contribution in [0, 0.1) is 0 Å². The molecular formula is C23H25N3O3S. The Morgan fingerprint density at radius 2 is 1.70 bits per heavy atom. The summed E-state index contributed by atoms with van der Waals surface area (Å²) in [6, 6.07) is 21.1. The highest BCUT2D eigenvalue weighted by atomic mass is 32.2. The van der Waals surface area contributed by atoms with E-state index in [0.29, 0.717) is 25.2 Å². The number of hydrogen-bond acceptors (Lipinski definition) is 4. The quantitative estimate of drug-likeness (QED) is 0.376. The maximum Gasteiger partial charge on any atom is 0.274 e. The van der Waals surface area contributed by atoms with Crippen LogP contribution in [0.4, 0.5) is 0 Å². The molecule has 1 saturated heterocycles. The largest absolute Gasteiger partial charge is 0.296 e. The van der Waals surface area contributed by atoms with E-state index in [1.165, 1.54) is 0 Å². The van der Waals surface area contributed by atoms with Gasteiger partial charge < -0.3 is 0 Å². The van der Waals surface area contributed by atoms with Gasteiger partial charge >= 0.3 is 0 Å². The number of amides is 1. The predicted octanol–water partition coefficient (Wildman–Crippen LogP) is 2.77. The zero-order valence-corrected chi connectivity index (χ0v) is 17.5. The lowest BCUT2D eigenvalue weighted by molar-refractivity contribution is 0.0706. The Morgan fingerprint density at radius 3 is 2.43 bits per heavy atom. The summed E-state index contributed by atoms with van der Waals surface area (Å²) in [5, 5.41) is 11.0. The van der Waals surface area contributed by atoms with Crippen LogP contribution in [0.3, 0.4) is 0 Å². The topological polar surface area (TPSA) is 72.9 Å². The number of rotatable bonds is 5. The molecule has 0 radical (unpaired) electrons. The molecule has 1 fully saturated rings. The number of hydrogen-bond donors (Lipinski definition) is 2. The Morgan fingerprint density at radius 1 is 0.967 bits per heavy atom. The van der Waals surface area contributed by atoms with Gasteiger partial charge in [-0.2, -0.15) is 0 Å². The molecule has 1 aliphatic rings. The highest BCUT2D eigenvalue weighted by molar-refractivity contribution is 7.98. The molecule has 1 heterocycles. The summed E-state index contributed by atoms with van der Waals surface area (Å²) in [5.41, 5.74) is 3.08. The Balaban J connectivity index is 1.43. The number of benzene rings is 3. The van der Waals surface area contributed by atoms with Gasteiger partial charge in [-0.05, 0) is 46.5 Å². The van der Waals surface area contributed by atoms with Crippen molar-refractivity contribution >= 4 is 32.3 Å². The lowest BCUT2D eigenvalue weighted by atomic mass is 10.1. The van der Waals surface area contributed by atoms with Crippen LogP contribution in [-0.4, -0.2) is 56.6 Å². The first kappa shape index (κ1) is 20.6. The minimum atomic E-state index is -2.55. The summed E-state index contributed by atoms with van der Waals surface area (Å²) in [5.74, 6) is 3.57. The second-order valence-corrected chi connectivity index (χ2v) is 9.76. The van der Waals surface area contributed by atoms with Gasteiger partial charge in [-0.15, -0.1) is 0 Å². The summed E-state index contributed by atoms with van der Waals surface area (Å²) in [6.45, 7) is 3.53. The van der Waals surface area contributed by atoms with Gasteiger partial charge in [0.25, 0.3) is 5.91 Å². The number of carbonyl (C=O) groups is 1. The molecule has 0 saturated carbocycles. The van der Waals surface area contributed by atoms with E-state index in [1.54, 1.807) is 23.7 Å². The number of piperazine rings is 1. The lowest BCUT2D eigenvalue weighted by Crippen LogP contribution is -2.48. The number of nitrogens with one attached hydrogen (secondary N) is 1. The van der Waals surface area contributed by atoms with Gasteiger partial charge in [0.1, 0.15) is 0 Å². The van der Waals surface area contributed by atoms with Crippen molar-refractivity contribution in [2.45, 2.75) is 11.4 Å². The molecule has 0 aliphatic carbocycles. The number of nitrogens with zero attached hydrogens (tertiary/aromatic N) is 2. The molecule has 7 heteroatoms. The summed E-state index contributed by atoms with van der Waals surface area (Å²) < 4.78 is 15.5. The molecule has 156 valence electrons. The summed E-state index contributed by atoms with van der Waals surface area (Å²) in [7, 11) is -2.55. The Labute approximate surface area is 176 Å². The molecular weight excluding hydrogens is 398 g/mol. The van der Waals surface area contributed by atoms with Crippen LogP contribution in [0.1, 0.15) is 15.9 Å². The van der Waals surface area contributed by atoms with Crippen molar-refractivity contribution in [2.24, 2.45) is 0 Å².